The first-order chi connectivity index (χ1) is 7.88. The Bertz CT molecular complexity index is 450. The molecule has 0 radical (unpaired) electrons. The molecule has 4 nitrogen and oxygen atoms in total. The molecule has 0 fully saturated rings. The minimum Gasteiger partial charge on any atom is -0.369 e. The van der Waals surface area contributed by atoms with Crippen molar-refractivity contribution in [2.75, 3.05) is 0 Å². The molecule has 0 aliphatic rings. The van der Waals surface area contributed by atoms with Gasteiger partial charge in [0.1, 0.15) is 12.3 Å². The van der Waals surface area contributed by atoms with Crippen LogP contribution in [0.3, 0.4) is 0 Å². The second kappa shape index (κ2) is 5.23. The fraction of sp³-hybridized carbons (Fsp3) is 0.167. The topological polar surface area (TPSA) is 52.3 Å². The highest BCUT2D eigenvalue weighted by Crippen LogP contribution is 2.06. The molecular formula is C12H11NO3. The van der Waals surface area contributed by atoms with E-state index in [0.29, 0.717) is 31.0 Å². The second-order valence-corrected chi connectivity index (χ2v) is 3.31. The highest BCUT2D eigenvalue weighted by molar-refractivity contribution is 5.71. The molecule has 0 amide bonds. The quantitative estimate of drug-likeness (QED) is 0.720. The molecule has 0 spiro atoms. The second-order valence-electron chi connectivity index (χ2n) is 3.31. The number of hydrogen-bond donors (Lipinski definition) is 0. The zero-order valence-corrected chi connectivity index (χ0v) is 8.63. The maximum atomic E-state index is 10.4. The molecule has 16 heavy (non-hydrogen) atoms. The van der Waals surface area contributed by atoms with Crippen LogP contribution in [0.5, 0.6) is 0 Å². The van der Waals surface area contributed by atoms with E-state index in [1.54, 1.807) is 6.07 Å². The molecule has 0 aliphatic carbocycles. The fourth-order valence-corrected chi connectivity index (χ4v) is 1.30. The minimum atomic E-state index is 0.290. The van der Waals surface area contributed by atoms with Gasteiger partial charge in [-0.2, -0.15) is 0 Å². The molecular weight excluding hydrogens is 206 g/mol. The number of nitrogens with zero attached hydrogens (tertiary/aromatic N) is 1. The normalized spacial score (nSPS) is 10.2. The molecule has 0 aliphatic heterocycles. The van der Waals surface area contributed by atoms with Crippen LogP contribution in [-0.2, 0) is 18.0 Å². The summed E-state index contributed by atoms with van der Waals surface area (Å²) in [6.07, 6.45) is 0.643. The van der Waals surface area contributed by atoms with Crippen molar-refractivity contribution in [3.8, 4) is 0 Å². The van der Waals surface area contributed by atoms with Gasteiger partial charge in [-0.15, -0.1) is 0 Å². The predicted octanol–water partition coefficient (Wildman–Crippen LogP) is 2.20. The summed E-state index contributed by atoms with van der Waals surface area (Å²) < 4.78 is 10.3. The SMILES string of the molecule is O=Cc1cc(COCc2ccccc2)on1. The van der Waals surface area contributed by atoms with Gasteiger partial charge < -0.3 is 9.26 Å². The predicted molar refractivity (Wildman–Crippen MR) is 56.8 cm³/mol. The van der Waals surface area contributed by atoms with Crippen molar-refractivity contribution in [3.63, 3.8) is 0 Å². The average Bonchev–Trinajstić information content (AvgIpc) is 2.78. The number of aromatic nitrogens is 1. The van der Waals surface area contributed by atoms with E-state index in [9.17, 15) is 4.79 Å². The maximum absolute atomic E-state index is 10.4. The zero-order chi connectivity index (χ0) is 11.2. The van der Waals surface area contributed by atoms with Gasteiger partial charge in [0, 0.05) is 6.07 Å². The molecule has 0 atom stereocenters. The summed E-state index contributed by atoms with van der Waals surface area (Å²) in [7, 11) is 0. The summed E-state index contributed by atoms with van der Waals surface area (Å²) in [5, 5.41) is 3.54. The van der Waals surface area contributed by atoms with Crippen molar-refractivity contribution in [1.82, 2.24) is 5.16 Å². The van der Waals surface area contributed by atoms with Gasteiger partial charge in [0.15, 0.2) is 12.0 Å². The number of carbonyl (C=O) groups excluding carboxylic acids is 1. The third-order valence-corrected chi connectivity index (χ3v) is 2.05. The van der Waals surface area contributed by atoms with Gasteiger partial charge >= 0.3 is 0 Å². The van der Waals surface area contributed by atoms with Gasteiger partial charge in [-0.3, -0.25) is 4.79 Å². The van der Waals surface area contributed by atoms with Crippen LogP contribution in [0.25, 0.3) is 0 Å². The van der Waals surface area contributed by atoms with Crippen LogP contribution >= 0.6 is 0 Å². The minimum absolute atomic E-state index is 0.290. The number of rotatable bonds is 5. The van der Waals surface area contributed by atoms with E-state index in [1.807, 2.05) is 30.3 Å². The van der Waals surface area contributed by atoms with Crippen molar-refractivity contribution >= 4 is 6.29 Å². The molecule has 0 saturated heterocycles. The number of aldehydes is 1. The Labute approximate surface area is 92.8 Å². The van der Waals surface area contributed by atoms with Gasteiger partial charge in [-0.1, -0.05) is 35.5 Å². The van der Waals surface area contributed by atoms with Crippen LogP contribution in [-0.4, -0.2) is 11.4 Å². The van der Waals surface area contributed by atoms with Crippen molar-refractivity contribution in [3.05, 3.63) is 53.4 Å². The summed E-state index contributed by atoms with van der Waals surface area (Å²) >= 11 is 0. The van der Waals surface area contributed by atoms with E-state index >= 15 is 0 Å². The molecule has 1 aromatic carbocycles. The van der Waals surface area contributed by atoms with Crippen molar-refractivity contribution in [1.29, 1.82) is 0 Å². The standard InChI is InChI=1S/C12H11NO3/c14-7-11-6-12(16-13-11)9-15-8-10-4-2-1-3-5-10/h1-7H,8-9H2. The maximum Gasteiger partial charge on any atom is 0.171 e. The van der Waals surface area contributed by atoms with Crippen molar-refractivity contribution in [2.45, 2.75) is 13.2 Å². The number of hydrogen-bond acceptors (Lipinski definition) is 4. The third kappa shape index (κ3) is 2.77. The Hall–Kier alpha value is -1.94. The summed E-state index contributed by atoms with van der Waals surface area (Å²) in [6, 6.07) is 11.4. The van der Waals surface area contributed by atoms with E-state index in [1.165, 1.54) is 0 Å². The van der Waals surface area contributed by atoms with Gasteiger partial charge in [0.25, 0.3) is 0 Å². The Morgan fingerprint density at radius 2 is 2.06 bits per heavy atom. The van der Waals surface area contributed by atoms with E-state index in [4.69, 9.17) is 9.26 Å². The van der Waals surface area contributed by atoms with Gasteiger partial charge in [-0.05, 0) is 5.56 Å². The van der Waals surface area contributed by atoms with Crippen LogP contribution in [0.4, 0.5) is 0 Å². The number of benzene rings is 1. The Balaban J connectivity index is 1.82. The first-order valence-electron chi connectivity index (χ1n) is 4.91. The third-order valence-electron chi connectivity index (χ3n) is 2.05. The first kappa shape index (κ1) is 10.6. The lowest BCUT2D eigenvalue weighted by Crippen LogP contribution is -1.92. The fourth-order valence-electron chi connectivity index (χ4n) is 1.30. The molecule has 82 valence electrons. The number of ether oxygens (including phenoxy) is 1. The molecule has 0 N–H and O–H groups in total. The van der Waals surface area contributed by atoms with Crippen LogP contribution in [0, 0.1) is 0 Å². The average molecular weight is 217 g/mol. The summed E-state index contributed by atoms with van der Waals surface area (Å²) in [5.41, 5.74) is 1.39. The summed E-state index contributed by atoms with van der Waals surface area (Å²) in [4.78, 5) is 10.4. The van der Waals surface area contributed by atoms with Crippen LogP contribution in [0.1, 0.15) is 21.8 Å². The largest absolute Gasteiger partial charge is 0.369 e. The van der Waals surface area contributed by atoms with Crippen LogP contribution in [0.2, 0.25) is 0 Å². The Morgan fingerprint density at radius 1 is 1.25 bits per heavy atom. The molecule has 1 heterocycles. The van der Waals surface area contributed by atoms with E-state index in [2.05, 4.69) is 5.16 Å². The van der Waals surface area contributed by atoms with Crippen molar-refractivity contribution < 1.29 is 14.1 Å². The lowest BCUT2D eigenvalue weighted by atomic mass is 10.2. The first-order valence-corrected chi connectivity index (χ1v) is 4.91. The Kier molecular flexibility index (Phi) is 3.46. The van der Waals surface area contributed by atoms with Gasteiger partial charge in [0.05, 0.1) is 6.61 Å². The molecule has 0 bridgehead atoms. The van der Waals surface area contributed by atoms with Crippen LogP contribution < -0.4 is 0 Å². The lowest BCUT2D eigenvalue weighted by Gasteiger charge is -2.00. The molecule has 0 unspecified atom stereocenters. The smallest absolute Gasteiger partial charge is 0.171 e. The Morgan fingerprint density at radius 3 is 2.75 bits per heavy atom. The summed E-state index contributed by atoms with van der Waals surface area (Å²) in [5.74, 6) is 0.554. The van der Waals surface area contributed by atoms with E-state index in [-0.39, 0.29) is 0 Å². The molecule has 0 saturated carbocycles. The number of carbonyl (C=O) groups is 1. The highest BCUT2D eigenvalue weighted by Gasteiger charge is 2.02. The molecule has 2 aromatic rings. The van der Waals surface area contributed by atoms with Crippen molar-refractivity contribution in [2.24, 2.45) is 0 Å². The molecule has 1 aromatic heterocycles. The van der Waals surface area contributed by atoms with Gasteiger partial charge in [-0.25, -0.2) is 0 Å². The monoisotopic (exact) mass is 217 g/mol. The lowest BCUT2D eigenvalue weighted by molar-refractivity contribution is 0.0882. The highest BCUT2D eigenvalue weighted by atomic mass is 16.5. The van der Waals surface area contributed by atoms with E-state index < -0.39 is 0 Å². The molecule has 4 heteroatoms. The zero-order valence-electron chi connectivity index (χ0n) is 8.63. The van der Waals surface area contributed by atoms with Crippen LogP contribution in [0.15, 0.2) is 40.9 Å². The van der Waals surface area contributed by atoms with E-state index in [0.717, 1.165) is 5.56 Å². The van der Waals surface area contributed by atoms with Gasteiger partial charge in [0.2, 0.25) is 0 Å². The molecule has 2 rings (SSSR count). The summed E-state index contributed by atoms with van der Waals surface area (Å²) in [6.45, 7) is 0.827.